The molecule has 1 aliphatic rings. The molecule has 3 heterocycles. The number of carbonyl (C=O) groups is 1. The summed E-state index contributed by atoms with van der Waals surface area (Å²) in [6.07, 6.45) is 0.688. The molecule has 3 aromatic rings. The van der Waals surface area contributed by atoms with Crippen molar-refractivity contribution in [1.82, 2.24) is 14.6 Å². The lowest BCUT2D eigenvalue weighted by Crippen LogP contribution is -2.43. The third-order valence-electron chi connectivity index (χ3n) is 5.10. The van der Waals surface area contributed by atoms with E-state index in [0.29, 0.717) is 6.54 Å². The summed E-state index contributed by atoms with van der Waals surface area (Å²) in [6.45, 7) is 8.77. The van der Waals surface area contributed by atoms with Crippen molar-refractivity contribution in [2.24, 2.45) is 0 Å². The minimum absolute atomic E-state index is 0.0679. The highest BCUT2D eigenvalue weighted by Crippen LogP contribution is 2.36. The summed E-state index contributed by atoms with van der Waals surface area (Å²) >= 11 is 0. The molecule has 0 saturated heterocycles. The Morgan fingerprint density at radius 1 is 1.19 bits per heavy atom. The topological polar surface area (TPSA) is 63.3 Å². The van der Waals surface area contributed by atoms with Crippen molar-refractivity contribution in [3.63, 3.8) is 0 Å². The Bertz CT molecular complexity index is 1000. The van der Waals surface area contributed by atoms with Crippen LogP contribution in [0.2, 0.25) is 0 Å². The molecule has 0 fully saturated rings. The number of aryl methyl sites for hydroxylation is 2. The fourth-order valence-corrected chi connectivity index (χ4v) is 3.89. The summed E-state index contributed by atoms with van der Waals surface area (Å²) in [5.74, 6) is 1.60. The Balaban J connectivity index is 1.81. The number of para-hydroxylation sites is 1. The van der Waals surface area contributed by atoms with Crippen LogP contribution in [0.25, 0.3) is 5.82 Å². The van der Waals surface area contributed by atoms with E-state index in [1.165, 1.54) is 0 Å². The molecule has 1 atom stereocenters. The molecule has 2 aromatic heterocycles. The SMILES string of the molecule is CCCN1C(=O)c2ccccc2N[C@H]1c1cc(C)n(-c2cc(C)on2)c1C. The van der Waals surface area contributed by atoms with Crippen LogP contribution in [0.15, 0.2) is 40.9 Å². The Morgan fingerprint density at radius 2 is 1.96 bits per heavy atom. The third-order valence-corrected chi connectivity index (χ3v) is 5.10. The molecule has 0 saturated carbocycles. The van der Waals surface area contributed by atoms with E-state index in [0.717, 1.165) is 46.2 Å². The maximum Gasteiger partial charge on any atom is 0.257 e. The Kier molecular flexibility index (Phi) is 4.26. The van der Waals surface area contributed by atoms with Gasteiger partial charge in [0.2, 0.25) is 0 Å². The second kappa shape index (κ2) is 6.61. The Hall–Kier alpha value is -3.02. The van der Waals surface area contributed by atoms with Gasteiger partial charge in [0.25, 0.3) is 5.91 Å². The maximum absolute atomic E-state index is 13.1. The number of anilines is 1. The molecule has 27 heavy (non-hydrogen) atoms. The second-order valence-electron chi connectivity index (χ2n) is 7.05. The van der Waals surface area contributed by atoms with Crippen LogP contribution in [0, 0.1) is 20.8 Å². The largest absolute Gasteiger partial charge is 0.361 e. The molecule has 140 valence electrons. The molecule has 6 nitrogen and oxygen atoms in total. The van der Waals surface area contributed by atoms with Crippen LogP contribution < -0.4 is 5.32 Å². The van der Waals surface area contributed by atoms with Gasteiger partial charge in [0.1, 0.15) is 11.9 Å². The van der Waals surface area contributed by atoms with Gasteiger partial charge in [0.05, 0.1) is 5.56 Å². The van der Waals surface area contributed by atoms with E-state index in [9.17, 15) is 4.79 Å². The molecule has 1 amide bonds. The van der Waals surface area contributed by atoms with Gasteiger partial charge in [-0.1, -0.05) is 24.2 Å². The van der Waals surface area contributed by atoms with Crippen molar-refractivity contribution >= 4 is 11.6 Å². The first-order chi connectivity index (χ1) is 13.0. The molecule has 0 bridgehead atoms. The molecular formula is C21H24N4O2. The zero-order chi connectivity index (χ0) is 19.1. The minimum atomic E-state index is -0.208. The van der Waals surface area contributed by atoms with E-state index < -0.39 is 0 Å². The Labute approximate surface area is 158 Å². The molecule has 0 aliphatic carbocycles. The monoisotopic (exact) mass is 364 g/mol. The molecule has 1 N–H and O–H groups in total. The normalized spacial score (nSPS) is 16.4. The zero-order valence-electron chi connectivity index (χ0n) is 16.1. The number of amides is 1. The number of fused-ring (bicyclic) bond motifs is 1. The molecule has 6 heteroatoms. The summed E-state index contributed by atoms with van der Waals surface area (Å²) < 4.78 is 7.33. The summed E-state index contributed by atoms with van der Waals surface area (Å²) in [6, 6.07) is 11.7. The first-order valence-corrected chi connectivity index (χ1v) is 9.30. The van der Waals surface area contributed by atoms with Crippen LogP contribution in [0.5, 0.6) is 0 Å². The number of nitrogens with one attached hydrogen (secondary N) is 1. The van der Waals surface area contributed by atoms with Crippen molar-refractivity contribution in [2.45, 2.75) is 40.3 Å². The number of hydrogen-bond acceptors (Lipinski definition) is 4. The molecule has 1 aromatic carbocycles. The lowest BCUT2D eigenvalue weighted by molar-refractivity contribution is 0.0683. The fourth-order valence-electron chi connectivity index (χ4n) is 3.89. The van der Waals surface area contributed by atoms with Crippen LogP contribution in [-0.4, -0.2) is 27.1 Å². The Morgan fingerprint density at radius 3 is 2.67 bits per heavy atom. The van der Waals surface area contributed by atoms with Gasteiger partial charge in [0, 0.05) is 35.2 Å². The molecule has 4 rings (SSSR count). The lowest BCUT2D eigenvalue weighted by Gasteiger charge is -2.38. The highest BCUT2D eigenvalue weighted by molar-refractivity contribution is 6.01. The van der Waals surface area contributed by atoms with Gasteiger partial charge in [-0.3, -0.25) is 9.36 Å². The van der Waals surface area contributed by atoms with Crippen molar-refractivity contribution < 1.29 is 9.32 Å². The van der Waals surface area contributed by atoms with Crippen molar-refractivity contribution in [1.29, 1.82) is 0 Å². The number of rotatable bonds is 4. The second-order valence-corrected chi connectivity index (χ2v) is 7.05. The fraction of sp³-hybridized carbons (Fsp3) is 0.333. The molecule has 0 spiro atoms. The van der Waals surface area contributed by atoms with Gasteiger partial charge >= 0.3 is 0 Å². The van der Waals surface area contributed by atoms with Crippen molar-refractivity contribution in [3.05, 3.63) is 64.7 Å². The van der Waals surface area contributed by atoms with E-state index in [1.807, 2.05) is 49.1 Å². The molecular weight excluding hydrogens is 340 g/mol. The predicted molar refractivity (Wildman–Crippen MR) is 104 cm³/mol. The average molecular weight is 364 g/mol. The van der Waals surface area contributed by atoms with Crippen LogP contribution in [0.3, 0.4) is 0 Å². The average Bonchev–Trinajstić information content (AvgIpc) is 3.20. The predicted octanol–water partition coefficient (Wildman–Crippen LogP) is 4.37. The third kappa shape index (κ3) is 2.81. The molecule has 0 unspecified atom stereocenters. The van der Waals surface area contributed by atoms with Crippen LogP contribution >= 0.6 is 0 Å². The van der Waals surface area contributed by atoms with Gasteiger partial charge in [-0.25, -0.2) is 0 Å². The van der Waals surface area contributed by atoms with Crippen LogP contribution in [-0.2, 0) is 0 Å². The number of nitrogens with zero attached hydrogens (tertiary/aromatic N) is 3. The van der Waals surface area contributed by atoms with E-state index in [-0.39, 0.29) is 12.1 Å². The van der Waals surface area contributed by atoms with Crippen molar-refractivity contribution in [2.75, 3.05) is 11.9 Å². The summed E-state index contributed by atoms with van der Waals surface area (Å²) in [5.41, 5.74) is 4.78. The lowest BCUT2D eigenvalue weighted by atomic mass is 10.0. The summed E-state index contributed by atoms with van der Waals surface area (Å²) in [5, 5.41) is 7.72. The van der Waals surface area contributed by atoms with E-state index in [1.54, 1.807) is 0 Å². The quantitative estimate of drug-likeness (QED) is 0.747. The van der Waals surface area contributed by atoms with Crippen LogP contribution in [0.1, 0.15) is 52.6 Å². The van der Waals surface area contributed by atoms with E-state index in [2.05, 4.69) is 35.0 Å². The smallest absolute Gasteiger partial charge is 0.257 e. The number of carbonyl (C=O) groups excluding carboxylic acids is 1. The first kappa shape index (κ1) is 17.4. The van der Waals surface area contributed by atoms with Gasteiger partial charge in [-0.15, -0.1) is 0 Å². The van der Waals surface area contributed by atoms with Crippen LogP contribution in [0.4, 0.5) is 5.69 Å². The molecule has 0 radical (unpaired) electrons. The van der Waals surface area contributed by atoms with Crippen molar-refractivity contribution in [3.8, 4) is 5.82 Å². The van der Waals surface area contributed by atoms with Gasteiger partial charge in [0.15, 0.2) is 5.82 Å². The standard InChI is InChI=1S/C21H24N4O2/c1-5-10-24-20(22-18-9-7-6-8-16(18)21(24)26)17-11-13(2)25(15(17)4)19-12-14(3)27-23-19/h6-9,11-12,20,22H,5,10H2,1-4H3/t20-/m1/s1. The summed E-state index contributed by atoms with van der Waals surface area (Å²) in [7, 11) is 0. The van der Waals surface area contributed by atoms with Gasteiger partial charge in [-0.2, -0.15) is 0 Å². The van der Waals surface area contributed by atoms with Gasteiger partial charge in [-0.05, 0) is 45.4 Å². The molecule has 1 aliphatic heterocycles. The number of benzene rings is 1. The number of hydrogen-bond donors (Lipinski definition) is 1. The number of aromatic nitrogens is 2. The first-order valence-electron chi connectivity index (χ1n) is 9.30. The highest BCUT2D eigenvalue weighted by Gasteiger charge is 2.34. The van der Waals surface area contributed by atoms with E-state index >= 15 is 0 Å². The van der Waals surface area contributed by atoms with E-state index in [4.69, 9.17) is 4.52 Å². The zero-order valence-corrected chi connectivity index (χ0v) is 16.1. The minimum Gasteiger partial charge on any atom is -0.361 e. The van der Waals surface area contributed by atoms with Gasteiger partial charge < -0.3 is 14.7 Å². The maximum atomic E-state index is 13.1. The highest BCUT2D eigenvalue weighted by atomic mass is 16.5. The summed E-state index contributed by atoms with van der Waals surface area (Å²) in [4.78, 5) is 15.0.